The number of likely N-dealkylation sites (tertiary alicyclic amines) is 1. The van der Waals surface area contributed by atoms with E-state index in [0.717, 1.165) is 38.0 Å². The first-order valence-corrected chi connectivity index (χ1v) is 10.4. The number of ether oxygens (including phenoxy) is 1. The summed E-state index contributed by atoms with van der Waals surface area (Å²) in [4.78, 5) is 2.10. The molecule has 2 N–H and O–H groups in total. The Hall–Kier alpha value is -2.56. The van der Waals surface area contributed by atoms with Gasteiger partial charge in [0.15, 0.2) is 0 Å². The lowest BCUT2D eigenvalue weighted by atomic mass is 9.82. The minimum absolute atomic E-state index is 0.0283. The highest BCUT2D eigenvalue weighted by molar-refractivity contribution is 5.79. The third kappa shape index (κ3) is 3.58. The van der Waals surface area contributed by atoms with E-state index in [1.165, 1.54) is 17.5 Å². The standard InChI is InChI=1S/C23H30N4O/c1-16-10-12-21(20-9-4-3-8-19(16)20)28-18-11-13-22(24)27(15-18)23(25)26-14-6-5-7-17(26)2/h3-4,8-9,11,13,15-17,21,24-25H,5-7,10,12,14H2,1-2H3/t16-,17+,21+/m0/s1. The van der Waals surface area contributed by atoms with Gasteiger partial charge in [-0.05, 0) is 68.2 Å². The molecule has 5 nitrogen and oxygen atoms in total. The summed E-state index contributed by atoms with van der Waals surface area (Å²) in [6, 6.07) is 12.5. The quantitative estimate of drug-likeness (QED) is 0.590. The monoisotopic (exact) mass is 378 g/mol. The number of fused-ring (bicyclic) bond motifs is 1. The average molecular weight is 379 g/mol. The highest BCUT2D eigenvalue weighted by Crippen LogP contribution is 2.39. The van der Waals surface area contributed by atoms with Crippen LogP contribution in [0.15, 0.2) is 42.6 Å². The van der Waals surface area contributed by atoms with Gasteiger partial charge in [0.1, 0.15) is 17.3 Å². The van der Waals surface area contributed by atoms with Crippen molar-refractivity contribution in [2.75, 3.05) is 6.54 Å². The zero-order valence-electron chi connectivity index (χ0n) is 16.8. The molecule has 5 heteroatoms. The smallest absolute Gasteiger partial charge is 0.204 e. The first-order valence-electron chi connectivity index (χ1n) is 10.4. The number of nitrogens with one attached hydrogen (secondary N) is 2. The predicted molar refractivity (Wildman–Crippen MR) is 111 cm³/mol. The maximum atomic E-state index is 8.67. The Morgan fingerprint density at radius 2 is 1.79 bits per heavy atom. The van der Waals surface area contributed by atoms with Gasteiger partial charge in [-0.2, -0.15) is 0 Å². The molecule has 2 aliphatic rings. The molecule has 1 aliphatic heterocycles. The Balaban J connectivity index is 1.59. The van der Waals surface area contributed by atoms with Gasteiger partial charge in [0, 0.05) is 12.6 Å². The van der Waals surface area contributed by atoms with Crippen molar-refractivity contribution >= 4 is 5.96 Å². The molecule has 1 aromatic carbocycles. The summed E-state index contributed by atoms with van der Waals surface area (Å²) in [7, 11) is 0. The zero-order chi connectivity index (χ0) is 19.7. The second kappa shape index (κ2) is 7.82. The Bertz CT molecular complexity index is 919. The van der Waals surface area contributed by atoms with Crippen molar-refractivity contribution in [2.24, 2.45) is 0 Å². The molecule has 2 aromatic rings. The van der Waals surface area contributed by atoms with Gasteiger partial charge in [-0.15, -0.1) is 0 Å². The van der Waals surface area contributed by atoms with Crippen LogP contribution in [0.1, 0.15) is 69.1 Å². The second-order valence-corrected chi connectivity index (χ2v) is 8.20. The highest BCUT2D eigenvalue weighted by Gasteiger charge is 2.26. The van der Waals surface area contributed by atoms with Gasteiger partial charge < -0.3 is 9.64 Å². The minimum Gasteiger partial charge on any atom is -0.484 e. The van der Waals surface area contributed by atoms with E-state index in [9.17, 15) is 0 Å². The summed E-state index contributed by atoms with van der Waals surface area (Å²) in [6.45, 7) is 5.32. The molecule has 0 saturated carbocycles. The van der Waals surface area contributed by atoms with Crippen LogP contribution < -0.4 is 10.2 Å². The first kappa shape index (κ1) is 18.8. The van der Waals surface area contributed by atoms with E-state index in [4.69, 9.17) is 15.6 Å². The molecule has 0 bridgehead atoms. The molecular formula is C23H30N4O. The third-order valence-corrected chi connectivity index (χ3v) is 6.24. The van der Waals surface area contributed by atoms with E-state index < -0.39 is 0 Å². The van der Waals surface area contributed by atoms with Crippen molar-refractivity contribution in [1.29, 1.82) is 10.8 Å². The summed E-state index contributed by atoms with van der Waals surface area (Å²) >= 11 is 0. The summed E-state index contributed by atoms with van der Waals surface area (Å²) in [5, 5.41) is 17.0. The molecule has 3 atom stereocenters. The lowest BCUT2D eigenvalue weighted by Crippen LogP contribution is -2.47. The van der Waals surface area contributed by atoms with Crippen molar-refractivity contribution in [3.8, 4) is 5.75 Å². The van der Waals surface area contributed by atoms with Crippen LogP contribution in [0.3, 0.4) is 0 Å². The molecule has 0 spiro atoms. The van der Waals surface area contributed by atoms with Gasteiger partial charge >= 0.3 is 0 Å². The SMILES string of the molecule is C[C@@H]1CCCCN1C(=N)n1cc(O[C@@H]2CC[C@H](C)c3ccccc32)ccc1=N. The van der Waals surface area contributed by atoms with Gasteiger partial charge in [-0.3, -0.25) is 15.4 Å². The zero-order valence-corrected chi connectivity index (χ0v) is 16.8. The number of benzene rings is 1. The summed E-state index contributed by atoms with van der Waals surface area (Å²) < 4.78 is 8.02. The number of nitrogens with zero attached hydrogens (tertiary/aromatic N) is 2. The number of pyridine rings is 1. The lowest BCUT2D eigenvalue weighted by molar-refractivity contribution is 0.176. The Kier molecular flexibility index (Phi) is 5.25. The molecule has 0 unspecified atom stereocenters. The predicted octanol–water partition coefficient (Wildman–Crippen LogP) is 4.64. The van der Waals surface area contributed by atoms with Crippen LogP contribution in [-0.4, -0.2) is 28.0 Å². The molecular weight excluding hydrogens is 348 g/mol. The molecule has 1 fully saturated rings. The molecule has 1 saturated heterocycles. The first-order chi connectivity index (χ1) is 13.5. The fourth-order valence-electron chi connectivity index (χ4n) is 4.53. The van der Waals surface area contributed by atoms with Gasteiger partial charge in [0.2, 0.25) is 5.96 Å². The highest BCUT2D eigenvalue weighted by atomic mass is 16.5. The van der Waals surface area contributed by atoms with E-state index >= 15 is 0 Å². The van der Waals surface area contributed by atoms with Crippen LogP contribution in [0, 0.1) is 10.8 Å². The van der Waals surface area contributed by atoms with Gasteiger partial charge in [0.25, 0.3) is 0 Å². The Labute approximate surface area is 167 Å². The average Bonchev–Trinajstić information content (AvgIpc) is 2.71. The molecule has 4 rings (SSSR count). The van der Waals surface area contributed by atoms with Crippen LogP contribution >= 0.6 is 0 Å². The molecule has 0 amide bonds. The van der Waals surface area contributed by atoms with Crippen molar-refractivity contribution < 1.29 is 4.74 Å². The number of hydrogen-bond donors (Lipinski definition) is 2. The number of hydrogen-bond acceptors (Lipinski definition) is 3. The van der Waals surface area contributed by atoms with Crippen molar-refractivity contribution in [1.82, 2.24) is 9.47 Å². The lowest BCUT2D eigenvalue weighted by Gasteiger charge is -2.35. The van der Waals surface area contributed by atoms with E-state index in [1.54, 1.807) is 10.6 Å². The fourth-order valence-corrected chi connectivity index (χ4v) is 4.53. The number of rotatable bonds is 2. The van der Waals surface area contributed by atoms with E-state index in [-0.39, 0.29) is 6.10 Å². The van der Waals surface area contributed by atoms with Crippen molar-refractivity contribution in [2.45, 2.75) is 64.0 Å². The number of piperidine rings is 1. The van der Waals surface area contributed by atoms with Crippen LogP contribution in [0.5, 0.6) is 5.75 Å². The second-order valence-electron chi connectivity index (χ2n) is 8.20. The fraction of sp³-hybridized carbons (Fsp3) is 0.478. The molecule has 2 heterocycles. The molecule has 148 valence electrons. The maximum Gasteiger partial charge on any atom is 0.204 e. The topological polar surface area (TPSA) is 65.1 Å². The van der Waals surface area contributed by atoms with Gasteiger partial charge in [-0.1, -0.05) is 31.2 Å². The molecule has 1 aromatic heterocycles. The van der Waals surface area contributed by atoms with Crippen LogP contribution in [0.2, 0.25) is 0 Å². The minimum atomic E-state index is 0.0283. The van der Waals surface area contributed by atoms with E-state index in [0.29, 0.717) is 23.4 Å². The Morgan fingerprint density at radius 1 is 1.00 bits per heavy atom. The van der Waals surface area contributed by atoms with Crippen LogP contribution in [-0.2, 0) is 0 Å². The Morgan fingerprint density at radius 3 is 2.57 bits per heavy atom. The maximum absolute atomic E-state index is 8.67. The normalized spacial score (nSPS) is 24.5. The van der Waals surface area contributed by atoms with Crippen LogP contribution in [0.25, 0.3) is 0 Å². The van der Waals surface area contributed by atoms with Gasteiger partial charge in [0.05, 0.1) is 6.20 Å². The molecule has 1 aliphatic carbocycles. The van der Waals surface area contributed by atoms with E-state index in [1.807, 2.05) is 12.3 Å². The number of aromatic nitrogens is 1. The summed E-state index contributed by atoms with van der Waals surface area (Å²) in [6.07, 6.45) is 7.36. The molecule has 0 radical (unpaired) electrons. The van der Waals surface area contributed by atoms with Crippen molar-refractivity contribution in [3.05, 3.63) is 59.2 Å². The summed E-state index contributed by atoms with van der Waals surface area (Å²) in [5.74, 6) is 1.66. The largest absolute Gasteiger partial charge is 0.484 e. The summed E-state index contributed by atoms with van der Waals surface area (Å²) in [5.41, 5.74) is 2.95. The van der Waals surface area contributed by atoms with Gasteiger partial charge in [-0.25, -0.2) is 0 Å². The molecule has 28 heavy (non-hydrogen) atoms. The third-order valence-electron chi connectivity index (χ3n) is 6.24. The van der Waals surface area contributed by atoms with Crippen LogP contribution in [0.4, 0.5) is 0 Å². The van der Waals surface area contributed by atoms with E-state index in [2.05, 4.69) is 43.0 Å². The van der Waals surface area contributed by atoms with Crippen molar-refractivity contribution in [3.63, 3.8) is 0 Å².